The Kier molecular flexibility index (Phi) is 8.14. The largest absolute Gasteiger partial charge is 0.507 e. The van der Waals surface area contributed by atoms with Crippen LogP contribution in [0.15, 0.2) is 48.6 Å². The molecule has 2 aromatic carbocycles. The maximum atomic E-state index is 13.7. The Morgan fingerprint density at radius 2 is 1.86 bits per heavy atom. The van der Waals surface area contributed by atoms with Crippen molar-refractivity contribution in [2.45, 2.75) is 32.4 Å². The Balaban J connectivity index is 1.72. The summed E-state index contributed by atoms with van der Waals surface area (Å²) in [5, 5.41) is 11.7. The summed E-state index contributed by atoms with van der Waals surface area (Å²) in [6.07, 6.45) is 2.03. The van der Waals surface area contributed by atoms with E-state index >= 15 is 0 Å². The number of anilines is 1. The highest BCUT2D eigenvalue weighted by Gasteiger charge is 2.49. The standard InChI is InChI=1S/C31H30N2O9S/c1-7-10-41-30(37)28-16(3)32-31(43-28)33-24(19-13-21(38-4)27(40-6)22(14-19)39-5)23(26(35)29(33)36)25(34)17-8-9-20-18(12-17)11-15(2)42-20/h7-9,12-15,24,34H,1,10-11H2,2-6H3. The Bertz CT molecular complexity index is 1650. The van der Waals surface area contributed by atoms with Gasteiger partial charge in [-0.3, -0.25) is 14.5 Å². The first-order chi connectivity index (χ1) is 20.6. The zero-order valence-corrected chi connectivity index (χ0v) is 25.1. The van der Waals surface area contributed by atoms with Crippen molar-refractivity contribution in [2.75, 3.05) is 32.8 Å². The number of ketones is 1. The zero-order valence-electron chi connectivity index (χ0n) is 24.3. The molecule has 43 heavy (non-hydrogen) atoms. The number of rotatable bonds is 9. The molecular formula is C31H30N2O9S. The van der Waals surface area contributed by atoms with Crippen LogP contribution < -0.4 is 23.8 Å². The second-order valence-corrected chi connectivity index (χ2v) is 10.9. The number of benzene rings is 2. The molecule has 12 heteroatoms. The number of aromatic nitrogens is 1. The summed E-state index contributed by atoms with van der Waals surface area (Å²) in [5.74, 6) is -1.33. The number of hydrogen-bond acceptors (Lipinski definition) is 11. The molecule has 3 aromatic rings. The lowest BCUT2D eigenvalue weighted by molar-refractivity contribution is -0.132. The van der Waals surface area contributed by atoms with Crippen molar-refractivity contribution >= 4 is 39.9 Å². The molecule has 0 bridgehead atoms. The third-order valence-corrected chi connectivity index (χ3v) is 8.26. The van der Waals surface area contributed by atoms with Gasteiger partial charge in [-0.25, -0.2) is 9.78 Å². The molecule has 3 heterocycles. The minimum atomic E-state index is -1.17. The molecule has 2 aliphatic heterocycles. The predicted molar refractivity (Wildman–Crippen MR) is 158 cm³/mol. The molecule has 1 fully saturated rings. The number of amides is 1. The van der Waals surface area contributed by atoms with Crippen LogP contribution in [0.25, 0.3) is 5.76 Å². The first-order valence-corrected chi connectivity index (χ1v) is 14.1. The number of fused-ring (bicyclic) bond motifs is 1. The molecule has 0 saturated carbocycles. The molecule has 2 unspecified atom stereocenters. The summed E-state index contributed by atoms with van der Waals surface area (Å²) in [4.78, 5) is 45.9. The summed E-state index contributed by atoms with van der Waals surface area (Å²) < 4.78 is 27.5. The first kappa shape index (κ1) is 29.6. The number of carbonyl (C=O) groups excluding carboxylic acids is 3. The van der Waals surface area contributed by atoms with Crippen molar-refractivity contribution in [1.29, 1.82) is 0 Å². The van der Waals surface area contributed by atoms with Crippen molar-refractivity contribution in [3.8, 4) is 23.0 Å². The van der Waals surface area contributed by atoms with Gasteiger partial charge in [0.1, 0.15) is 29.1 Å². The maximum Gasteiger partial charge on any atom is 0.350 e. The van der Waals surface area contributed by atoms with Gasteiger partial charge in [0.05, 0.1) is 38.6 Å². The Morgan fingerprint density at radius 1 is 1.16 bits per heavy atom. The highest BCUT2D eigenvalue weighted by Crippen LogP contribution is 2.48. The minimum absolute atomic E-state index is 0.00788. The number of esters is 1. The van der Waals surface area contributed by atoms with Crippen LogP contribution in [0.4, 0.5) is 5.13 Å². The molecule has 0 radical (unpaired) electrons. The Hall–Kier alpha value is -4.84. The molecule has 0 aliphatic carbocycles. The molecule has 1 N–H and O–H groups in total. The van der Waals surface area contributed by atoms with E-state index in [0.717, 1.165) is 21.8 Å². The molecule has 11 nitrogen and oxygen atoms in total. The monoisotopic (exact) mass is 606 g/mol. The number of aliphatic hydroxyl groups excluding tert-OH is 1. The van der Waals surface area contributed by atoms with Crippen LogP contribution in [0.1, 0.15) is 45.0 Å². The van der Waals surface area contributed by atoms with Gasteiger partial charge in [-0.05, 0) is 55.3 Å². The third-order valence-electron chi connectivity index (χ3n) is 7.13. The minimum Gasteiger partial charge on any atom is -0.507 e. The van der Waals surface area contributed by atoms with Gasteiger partial charge >= 0.3 is 11.9 Å². The van der Waals surface area contributed by atoms with E-state index in [1.165, 1.54) is 27.4 Å². The van der Waals surface area contributed by atoms with Gasteiger partial charge in [0.2, 0.25) is 5.75 Å². The average Bonchev–Trinajstić information content (AvgIpc) is 3.65. The summed E-state index contributed by atoms with van der Waals surface area (Å²) in [7, 11) is 4.34. The van der Waals surface area contributed by atoms with Crippen LogP contribution >= 0.6 is 11.3 Å². The van der Waals surface area contributed by atoms with E-state index < -0.39 is 23.7 Å². The van der Waals surface area contributed by atoms with Crippen LogP contribution in [0.2, 0.25) is 0 Å². The lowest BCUT2D eigenvalue weighted by atomic mass is 9.94. The predicted octanol–water partition coefficient (Wildman–Crippen LogP) is 4.77. The number of aliphatic hydroxyl groups is 1. The van der Waals surface area contributed by atoms with Crippen molar-refractivity contribution in [2.24, 2.45) is 0 Å². The van der Waals surface area contributed by atoms with Gasteiger partial charge < -0.3 is 28.8 Å². The van der Waals surface area contributed by atoms with E-state index in [0.29, 0.717) is 34.7 Å². The van der Waals surface area contributed by atoms with E-state index in [-0.39, 0.29) is 45.6 Å². The zero-order chi connectivity index (χ0) is 31.0. The number of ether oxygens (including phenoxy) is 5. The number of Topliss-reactive ketones (excluding diaryl/α,β-unsaturated/α-hetero) is 1. The van der Waals surface area contributed by atoms with Gasteiger partial charge in [-0.2, -0.15) is 0 Å². The van der Waals surface area contributed by atoms with Crippen LogP contribution in [-0.4, -0.2) is 61.8 Å². The average molecular weight is 607 g/mol. The first-order valence-electron chi connectivity index (χ1n) is 13.3. The van der Waals surface area contributed by atoms with E-state index in [9.17, 15) is 19.5 Å². The van der Waals surface area contributed by atoms with Crippen molar-refractivity contribution < 1.29 is 43.2 Å². The van der Waals surface area contributed by atoms with E-state index in [1.54, 1.807) is 37.3 Å². The van der Waals surface area contributed by atoms with Gasteiger partial charge in [-0.15, -0.1) is 0 Å². The topological polar surface area (TPSA) is 134 Å². The van der Waals surface area contributed by atoms with Gasteiger partial charge in [0, 0.05) is 12.0 Å². The smallest absolute Gasteiger partial charge is 0.350 e. The van der Waals surface area contributed by atoms with Crippen LogP contribution in [-0.2, 0) is 20.7 Å². The van der Waals surface area contributed by atoms with Crippen molar-refractivity contribution in [1.82, 2.24) is 4.98 Å². The molecule has 5 rings (SSSR count). The van der Waals surface area contributed by atoms with E-state index in [1.807, 2.05) is 6.92 Å². The normalized spacial score (nSPS) is 18.7. The lowest BCUT2D eigenvalue weighted by Gasteiger charge is -2.24. The maximum absolute atomic E-state index is 13.7. The number of aryl methyl sites for hydroxylation is 1. The third kappa shape index (κ3) is 5.18. The SMILES string of the molecule is C=CCOC(=O)c1sc(N2C(=O)C(=O)C(=C(O)c3ccc4c(c3)CC(C)O4)C2c2cc(OC)c(OC)c(OC)c2)nc1C. The molecule has 1 amide bonds. The quantitative estimate of drug-likeness (QED) is 0.119. The lowest BCUT2D eigenvalue weighted by Crippen LogP contribution is -2.29. The molecule has 2 aliphatic rings. The molecule has 224 valence electrons. The number of carbonyl (C=O) groups is 3. The van der Waals surface area contributed by atoms with E-state index in [4.69, 9.17) is 23.7 Å². The van der Waals surface area contributed by atoms with Crippen LogP contribution in [0.5, 0.6) is 23.0 Å². The molecule has 1 aromatic heterocycles. The Labute approximate surface area is 251 Å². The number of hydrogen-bond donors (Lipinski definition) is 1. The fourth-order valence-electron chi connectivity index (χ4n) is 5.20. The summed E-state index contributed by atoms with van der Waals surface area (Å²) in [6.45, 7) is 7.08. The van der Waals surface area contributed by atoms with Gasteiger partial charge in [-0.1, -0.05) is 24.0 Å². The highest BCUT2D eigenvalue weighted by molar-refractivity contribution is 7.17. The summed E-state index contributed by atoms with van der Waals surface area (Å²) in [6, 6.07) is 7.12. The summed E-state index contributed by atoms with van der Waals surface area (Å²) in [5.41, 5.74) is 1.73. The Morgan fingerprint density at radius 3 is 2.49 bits per heavy atom. The molecule has 1 saturated heterocycles. The van der Waals surface area contributed by atoms with Crippen molar-refractivity contribution in [3.05, 3.63) is 75.8 Å². The number of thiazole rings is 1. The van der Waals surface area contributed by atoms with Gasteiger partial charge in [0.25, 0.3) is 5.78 Å². The number of methoxy groups -OCH3 is 3. The second-order valence-electron chi connectivity index (χ2n) is 9.88. The van der Waals surface area contributed by atoms with E-state index in [2.05, 4.69) is 11.6 Å². The van der Waals surface area contributed by atoms with Crippen molar-refractivity contribution in [3.63, 3.8) is 0 Å². The molecular weight excluding hydrogens is 576 g/mol. The summed E-state index contributed by atoms with van der Waals surface area (Å²) >= 11 is 0.898. The van der Waals surface area contributed by atoms with Crippen LogP contribution in [0.3, 0.4) is 0 Å². The fourth-order valence-corrected chi connectivity index (χ4v) is 6.19. The fraction of sp³-hybridized carbons (Fsp3) is 0.290. The van der Waals surface area contributed by atoms with Gasteiger partial charge in [0.15, 0.2) is 16.6 Å². The molecule has 2 atom stereocenters. The molecule has 0 spiro atoms. The second kappa shape index (κ2) is 11.8. The number of nitrogens with zero attached hydrogens (tertiary/aromatic N) is 2. The van der Waals surface area contributed by atoms with Crippen LogP contribution in [0, 0.1) is 6.92 Å². The highest BCUT2D eigenvalue weighted by atomic mass is 32.1.